The molecule has 1 aliphatic heterocycles. The summed E-state index contributed by atoms with van der Waals surface area (Å²) in [4.78, 5) is 11.6. The van der Waals surface area contributed by atoms with E-state index in [2.05, 4.69) is 37.6 Å². The van der Waals surface area contributed by atoms with Gasteiger partial charge in [0.1, 0.15) is 0 Å². The van der Waals surface area contributed by atoms with Crippen LogP contribution in [0.2, 0.25) is 0 Å². The average Bonchev–Trinajstić information content (AvgIpc) is 3.17. The predicted molar refractivity (Wildman–Crippen MR) is 83.3 cm³/mol. The number of pyridine rings is 1. The first-order chi connectivity index (χ1) is 10.4. The van der Waals surface area contributed by atoms with Gasteiger partial charge in [-0.3, -0.25) is 10.00 Å². The van der Waals surface area contributed by atoms with Crippen molar-refractivity contribution in [2.45, 2.75) is 25.3 Å². The van der Waals surface area contributed by atoms with Crippen LogP contribution in [0, 0.1) is 0 Å². The molecule has 1 aliphatic rings. The molecule has 0 aliphatic carbocycles. The van der Waals surface area contributed by atoms with Crippen molar-refractivity contribution in [2.24, 2.45) is 0 Å². The summed E-state index contributed by atoms with van der Waals surface area (Å²) in [6, 6.07) is 4.26. The minimum absolute atomic E-state index is 0.505. The Morgan fingerprint density at radius 1 is 1.38 bits per heavy atom. The summed E-state index contributed by atoms with van der Waals surface area (Å²) < 4.78 is 0. The van der Waals surface area contributed by atoms with Crippen molar-refractivity contribution in [3.8, 4) is 0 Å². The highest BCUT2D eigenvalue weighted by Gasteiger charge is 2.23. The van der Waals surface area contributed by atoms with Crippen LogP contribution in [0.4, 0.5) is 0 Å². The van der Waals surface area contributed by atoms with Crippen LogP contribution in [0.25, 0.3) is 11.0 Å². The van der Waals surface area contributed by atoms with E-state index in [0.717, 1.165) is 30.7 Å². The van der Waals surface area contributed by atoms with Crippen molar-refractivity contribution in [3.63, 3.8) is 0 Å². The molecule has 4 heterocycles. The molecular formula is C15H17N5S. The molecule has 0 amide bonds. The molecule has 3 aromatic heterocycles. The van der Waals surface area contributed by atoms with Crippen molar-refractivity contribution in [3.05, 3.63) is 40.6 Å². The zero-order chi connectivity index (χ0) is 14.1. The van der Waals surface area contributed by atoms with Gasteiger partial charge in [0.2, 0.25) is 0 Å². The number of likely N-dealkylation sites (tertiary alicyclic amines) is 1. The van der Waals surface area contributed by atoms with Gasteiger partial charge in [-0.15, -0.1) is 11.3 Å². The summed E-state index contributed by atoms with van der Waals surface area (Å²) >= 11 is 1.67. The lowest BCUT2D eigenvalue weighted by Crippen LogP contribution is -2.34. The third-order valence-corrected chi connectivity index (χ3v) is 4.75. The molecule has 0 saturated carbocycles. The first kappa shape index (κ1) is 12.9. The summed E-state index contributed by atoms with van der Waals surface area (Å²) in [5.74, 6) is 0.505. The van der Waals surface area contributed by atoms with Gasteiger partial charge in [-0.1, -0.05) is 0 Å². The fourth-order valence-corrected chi connectivity index (χ4v) is 3.60. The van der Waals surface area contributed by atoms with Gasteiger partial charge < -0.3 is 0 Å². The maximum absolute atomic E-state index is 4.73. The van der Waals surface area contributed by atoms with Gasteiger partial charge in [0, 0.05) is 35.5 Å². The molecule has 3 aromatic rings. The molecule has 1 atom stereocenters. The fourth-order valence-electron chi connectivity index (χ4n) is 3.05. The fraction of sp³-hybridized carbons (Fsp3) is 0.400. The first-order valence-electron chi connectivity index (χ1n) is 7.28. The topological polar surface area (TPSA) is 57.7 Å². The van der Waals surface area contributed by atoms with Crippen LogP contribution in [0.15, 0.2) is 29.2 Å². The number of fused-ring (bicyclic) bond motifs is 1. The van der Waals surface area contributed by atoms with Gasteiger partial charge in [0.25, 0.3) is 0 Å². The SMILES string of the molecule is c1nc(CN2CCC[C@H](c3ccc4cn[nH]c4n3)C2)cs1. The zero-order valence-corrected chi connectivity index (χ0v) is 12.5. The Morgan fingerprint density at radius 2 is 2.38 bits per heavy atom. The van der Waals surface area contributed by atoms with E-state index >= 15 is 0 Å². The second-order valence-electron chi connectivity index (χ2n) is 5.60. The number of piperidine rings is 1. The summed E-state index contributed by atoms with van der Waals surface area (Å²) in [6.45, 7) is 3.16. The quantitative estimate of drug-likeness (QED) is 0.808. The van der Waals surface area contributed by atoms with Gasteiger partial charge in [-0.25, -0.2) is 9.97 Å². The van der Waals surface area contributed by atoms with E-state index in [-0.39, 0.29) is 0 Å². The largest absolute Gasteiger partial charge is 0.297 e. The molecule has 6 heteroatoms. The highest BCUT2D eigenvalue weighted by Crippen LogP contribution is 2.27. The maximum atomic E-state index is 4.73. The first-order valence-corrected chi connectivity index (χ1v) is 8.22. The lowest BCUT2D eigenvalue weighted by molar-refractivity contribution is 0.197. The number of nitrogens with zero attached hydrogens (tertiary/aromatic N) is 4. The second-order valence-corrected chi connectivity index (χ2v) is 6.32. The molecule has 0 radical (unpaired) electrons. The molecule has 1 N–H and O–H groups in total. The molecule has 21 heavy (non-hydrogen) atoms. The van der Waals surface area contributed by atoms with Crippen molar-refractivity contribution in [1.29, 1.82) is 0 Å². The van der Waals surface area contributed by atoms with Gasteiger partial charge in [-0.05, 0) is 31.5 Å². The normalized spacial score (nSPS) is 20.1. The summed E-state index contributed by atoms with van der Waals surface area (Å²) in [5, 5.41) is 10.2. The molecule has 4 rings (SSSR count). The van der Waals surface area contributed by atoms with Crippen LogP contribution < -0.4 is 0 Å². The summed E-state index contributed by atoms with van der Waals surface area (Å²) in [6.07, 6.45) is 4.25. The average molecular weight is 299 g/mol. The Kier molecular flexibility index (Phi) is 3.40. The third kappa shape index (κ3) is 2.69. The number of hydrogen-bond donors (Lipinski definition) is 1. The van der Waals surface area contributed by atoms with E-state index in [9.17, 15) is 0 Å². The van der Waals surface area contributed by atoms with Crippen LogP contribution in [0.3, 0.4) is 0 Å². The lowest BCUT2D eigenvalue weighted by Gasteiger charge is -2.31. The molecule has 108 valence electrons. The van der Waals surface area contributed by atoms with E-state index in [4.69, 9.17) is 4.98 Å². The van der Waals surface area contributed by atoms with Gasteiger partial charge >= 0.3 is 0 Å². The van der Waals surface area contributed by atoms with E-state index in [0.29, 0.717) is 5.92 Å². The number of aromatic nitrogens is 4. The Labute approximate surface area is 127 Å². The standard InChI is InChI=1S/C15H17N5S/c1-2-12(7-20(5-1)8-13-9-21-10-16-13)14-4-3-11-6-17-19-15(11)18-14/h3-4,6,9-10,12H,1-2,5,7-8H2,(H,17,18,19)/t12-/m0/s1. The maximum Gasteiger partial charge on any atom is 0.155 e. The van der Waals surface area contributed by atoms with Crippen molar-refractivity contribution in [1.82, 2.24) is 25.1 Å². The van der Waals surface area contributed by atoms with Crippen molar-refractivity contribution < 1.29 is 0 Å². The van der Waals surface area contributed by atoms with E-state index < -0.39 is 0 Å². The zero-order valence-electron chi connectivity index (χ0n) is 11.7. The number of nitrogens with one attached hydrogen (secondary N) is 1. The minimum atomic E-state index is 0.505. The van der Waals surface area contributed by atoms with Crippen LogP contribution in [-0.2, 0) is 6.54 Å². The highest BCUT2D eigenvalue weighted by molar-refractivity contribution is 7.07. The summed E-state index contributed by atoms with van der Waals surface area (Å²) in [7, 11) is 0. The molecule has 0 aromatic carbocycles. The number of rotatable bonds is 3. The monoisotopic (exact) mass is 299 g/mol. The molecule has 0 bridgehead atoms. The van der Waals surface area contributed by atoms with E-state index in [1.807, 2.05) is 11.7 Å². The molecule has 0 unspecified atom stereocenters. The highest BCUT2D eigenvalue weighted by atomic mass is 32.1. The Morgan fingerprint density at radius 3 is 3.29 bits per heavy atom. The Bertz CT molecular complexity index is 721. The van der Waals surface area contributed by atoms with Crippen LogP contribution in [0.5, 0.6) is 0 Å². The number of H-pyrrole nitrogens is 1. The van der Waals surface area contributed by atoms with Gasteiger partial charge in [-0.2, -0.15) is 5.10 Å². The lowest BCUT2D eigenvalue weighted by atomic mass is 9.94. The smallest absolute Gasteiger partial charge is 0.155 e. The molecule has 5 nitrogen and oxygen atoms in total. The van der Waals surface area contributed by atoms with Crippen LogP contribution in [-0.4, -0.2) is 38.2 Å². The number of aromatic amines is 1. The number of thiazole rings is 1. The van der Waals surface area contributed by atoms with Crippen molar-refractivity contribution >= 4 is 22.4 Å². The third-order valence-electron chi connectivity index (χ3n) is 4.11. The summed E-state index contributed by atoms with van der Waals surface area (Å²) in [5.41, 5.74) is 5.15. The Balaban J connectivity index is 1.51. The van der Waals surface area contributed by atoms with Crippen LogP contribution >= 0.6 is 11.3 Å². The van der Waals surface area contributed by atoms with E-state index in [1.54, 1.807) is 11.3 Å². The minimum Gasteiger partial charge on any atom is -0.297 e. The molecule has 0 spiro atoms. The van der Waals surface area contributed by atoms with Crippen molar-refractivity contribution in [2.75, 3.05) is 13.1 Å². The molecule has 1 saturated heterocycles. The molecular weight excluding hydrogens is 282 g/mol. The van der Waals surface area contributed by atoms with Gasteiger partial charge in [0.15, 0.2) is 5.65 Å². The Hall–Kier alpha value is -1.79. The number of hydrogen-bond acceptors (Lipinski definition) is 5. The van der Waals surface area contributed by atoms with Gasteiger partial charge in [0.05, 0.1) is 17.4 Å². The predicted octanol–water partition coefficient (Wildman–Crippen LogP) is 2.79. The second kappa shape index (κ2) is 5.54. The van der Waals surface area contributed by atoms with Crippen LogP contribution in [0.1, 0.15) is 30.1 Å². The molecule has 1 fully saturated rings. The van der Waals surface area contributed by atoms with E-state index in [1.165, 1.54) is 24.2 Å².